The maximum absolute atomic E-state index is 10.5. The highest BCUT2D eigenvalue weighted by molar-refractivity contribution is 9.10. The molecule has 170 valence electrons. The summed E-state index contributed by atoms with van der Waals surface area (Å²) in [7, 11) is 2.00. The molecular formula is C22H31BrN4O4. The second-order valence-corrected chi connectivity index (χ2v) is 7.67. The fourth-order valence-electron chi connectivity index (χ4n) is 2.22. The zero-order chi connectivity index (χ0) is 23.6. The molecule has 1 unspecified atom stereocenters. The Morgan fingerprint density at radius 2 is 1.94 bits per heavy atom. The lowest BCUT2D eigenvalue weighted by Gasteiger charge is -2.13. The average Bonchev–Trinajstić information content (AvgIpc) is 2.72. The van der Waals surface area contributed by atoms with E-state index < -0.39 is 12.0 Å². The van der Waals surface area contributed by atoms with Crippen LogP contribution < -0.4 is 11.1 Å². The monoisotopic (exact) mass is 494 g/mol. The summed E-state index contributed by atoms with van der Waals surface area (Å²) in [4.78, 5) is 36.9. The minimum Gasteiger partial charge on any atom is -0.480 e. The first-order chi connectivity index (χ1) is 14.7. The molecule has 0 aliphatic heterocycles. The van der Waals surface area contributed by atoms with Crippen LogP contribution in [0.3, 0.4) is 0 Å². The van der Waals surface area contributed by atoms with E-state index in [1.165, 1.54) is 5.56 Å². The minimum atomic E-state index is -1.04. The van der Waals surface area contributed by atoms with Crippen molar-refractivity contribution in [1.29, 1.82) is 0 Å². The molecule has 0 radical (unpaired) electrons. The summed E-state index contributed by atoms with van der Waals surface area (Å²) in [6, 6.07) is 7.40. The maximum Gasteiger partial charge on any atom is 0.326 e. The molecule has 0 saturated carbocycles. The van der Waals surface area contributed by atoms with Crippen LogP contribution in [0, 0.1) is 0 Å². The SMILES string of the molecule is C/C(C=O)=C/C=C\N(C)Cc1ccc(Br)cc1.CC(N)=NCCCC(NC=O)C(=O)O. The number of nitrogens with one attached hydrogen (secondary N) is 1. The number of benzene rings is 1. The van der Waals surface area contributed by atoms with E-state index in [4.69, 9.17) is 10.8 Å². The summed E-state index contributed by atoms with van der Waals surface area (Å²) >= 11 is 3.41. The van der Waals surface area contributed by atoms with E-state index in [9.17, 15) is 14.4 Å². The number of aliphatic imine (C=N–C) groups is 1. The topological polar surface area (TPSA) is 125 Å². The van der Waals surface area contributed by atoms with Crippen molar-refractivity contribution in [3.63, 3.8) is 0 Å². The first-order valence-corrected chi connectivity index (χ1v) is 10.4. The Hall–Kier alpha value is -2.94. The zero-order valence-corrected chi connectivity index (χ0v) is 19.7. The molecule has 0 heterocycles. The summed E-state index contributed by atoms with van der Waals surface area (Å²) in [5.74, 6) is -0.564. The van der Waals surface area contributed by atoms with Crippen LogP contribution in [-0.2, 0) is 20.9 Å². The second-order valence-electron chi connectivity index (χ2n) is 6.75. The Morgan fingerprint density at radius 1 is 1.29 bits per heavy atom. The van der Waals surface area contributed by atoms with Gasteiger partial charge in [-0.05, 0) is 62.2 Å². The largest absolute Gasteiger partial charge is 0.480 e. The Bertz CT molecular complexity index is 772. The van der Waals surface area contributed by atoms with Gasteiger partial charge >= 0.3 is 5.97 Å². The normalized spacial score (nSPS) is 12.5. The van der Waals surface area contributed by atoms with Crippen LogP contribution in [0.4, 0.5) is 0 Å². The van der Waals surface area contributed by atoms with Gasteiger partial charge in [-0.1, -0.05) is 34.1 Å². The highest BCUT2D eigenvalue weighted by atomic mass is 79.9. The molecule has 0 fully saturated rings. The molecular weight excluding hydrogens is 464 g/mol. The van der Waals surface area contributed by atoms with Gasteiger partial charge in [0.15, 0.2) is 0 Å². The van der Waals surface area contributed by atoms with Gasteiger partial charge in [0, 0.05) is 24.6 Å². The summed E-state index contributed by atoms with van der Waals surface area (Å²) in [5.41, 5.74) is 7.26. The highest BCUT2D eigenvalue weighted by Gasteiger charge is 2.14. The van der Waals surface area contributed by atoms with Crippen LogP contribution in [0.1, 0.15) is 32.3 Å². The third kappa shape index (κ3) is 15.5. The number of allylic oxidation sites excluding steroid dienone is 3. The lowest BCUT2D eigenvalue weighted by molar-refractivity contribution is -0.140. The first-order valence-electron chi connectivity index (χ1n) is 9.63. The Morgan fingerprint density at radius 3 is 2.45 bits per heavy atom. The van der Waals surface area contributed by atoms with Gasteiger partial charge in [0.05, 0.1) is 5.84 Å². The number of amides is 1. The molecule has 0 aliphatic carbocycles. The van der Waals surface area contributed by atoms with Gasteiger partial charge in [0.1, 0.15) is 12.3 Å². The molecule has 0 aromatic heterocycles. The van der Waals surface area contributed by atoms with E-state index in [1.54, 1.807) is 19.9 Å². The number of carbonyl (C=O) groups is 3. The molecule has 1 amide bonds. The molecule has 0 saturated heterocycles. The number of nitrogens with two attached hydrogens (primary N) is 1. The number of amidine groups is 1. The summed E-state index contributed by atoms with van der Waals surface area (Å²) < 4.78 is 1.09. The number of aliphatic carboxylic acids is 1. The third-order valence-corrected chi connectivity index (χ3v) is 4.34. The molecule has 1 aromatic rings. The first kappa shape index (κ1) is 28.1. The number of carboxylic acid groups (broad SMARTS) is 1. The van der Waals surface area contributed by atoms with Gasteiger partial charge < -0.3 is 21.1 Å². The molecule has 1 aromatic carbocycles. The Labute approximate surface area is 192 Å². The summed E-state index contributed by atoms with van der Waals surface area (Å²) in [6.45, 7) is 4.77. The number of hydrogen-bond acceptors (Lipinski definition) is 5. The number of aldehydes is 1. The van der Waals surface area contributed by atoms with Gasteiger partial charge in [0.25, 0.3) is 0 Å². The molecule has 1 rings (SSSR count). The number of carboxylic acids is 1. The van der Waals surface area contributed by atoms with Crippen molar-refractivity contribution in [1.82, 2.24) is 10.2 Å². The van der Waals surface area contributed by atoms with Crippen molar-refractivity contribution < 1.29 is 19.5 Å². The summed E-state index contributed by atoms with van der Waals surface area (Å²) in [6.07, 6.45) is 7.79. The molecule has 1 atom stereocenters. The zero-order valence-electron chi connectivity index (χ0n) is 18.1. The number of nitrogens with zero attached hydrogens (tertiary/aromatic N) is 2. The van der Waals surface area contributed by atoms with E-state index in [1.807, 2.05) is 31.5 Å². The van der Waals surface area contributed by atoms with Crippen LogP contribution in [-0.4, -0.2) is 54.1 Å². The predicted molar refractivity (Wildman–Crippen MR) is 127 cm³/mol. The molecule has 0 bridgehead atoms. The number of halogens is 1. The molecule has 8 nitrogen and oxygen atoms in total. The van der Waals surface area contributed by atoms with Crippen LogP contribution >= 0.6 is 15.9 Å². The fourth-order valence-corrected chi connectivity index (χ4v) is 2.49. The lowest BCUT2D eigenvalue weighted by atomic mass is 10.1. The van der Waals surface area contributed by atoms with E-state index >= 15 is 0 Å². The van der Waals surface area contributed by atoms with Crippen LogP contribution in [0.2, 0.25) is 0 Å². The second kappa shape index (κ2) is 16.8. The minimum absolute atomic E-state index is 0.352. The Balaban J connectivity index is 0.000000594. The molecule has 31 heavy (non-hydrogen) atoms. The van der Waals surface area contributed by atoms with E-state index in [-0.39, 0.29) is 0 Å². The van der Waals surface area contributed by atoms with Crippen LogP contribution in [0.15, 0.2) is 57.7 Å². The van der Waals surface area contributed by atoms with Crippen molar-refractivity contribution in [2.45, 2.75) is 39.3 Å². The highest BCUT2D eigenvalue weighted by Crippen LogP contribution is 2.11. The predicted octanol–water partition coefficient (Wildman–Crippen LogP) is 2.88. The van der Waals surface area contributed by atoms with Crippen molar-refractivity contribution in [2.24, 2.45) is 10.7 Å². The maximum atomic E-state index is 10.5. The third-order valence-electron chi connectivity index (χ3n) is 3.81. The van der Waals surface area contributed by atoms with Gasteiger partial charge in [-0.2, -0.15) is 0 Å². The molecule has 0 aliphatic rings. The van der Waals surface area contributed by atoms with E-state index in [0.717, 1.165) is 22.9 Å². The van der Waals surface area contributed by atoms with Crippen molar-refractivity contribution in [3.05, 3.63) is 58.2 Å². The van der Waals surface area contributed by atoms with Crippen molar-refractivity contribution in [3.8, 4) is 0 Å². The standard InChI is InChI=1S/C14H16BrNO.C8H15N3O3/c1-12(11-17)4-3-9-16(2)10-13-5-7-14(15)8-6-13;1-6(9)10-4-2-3-7(8(13)14)11-5-12/h3-9,11H,10H2,1-2H3;5,7H,2-4H2,1H3,(H2,9,10)(H,11,12)(H,13,14)/b9-3-,12-4-;. The van der Waals surface area contributed by atoms with Crippen LogP contribution in [0.25, 0.3) is 0 Å². The number of hydrogen-bond donors (Lipinski definition) is 3. The van der Waals surface area contributed by atoms with Crippen LogP contribution in [0.5, 0.6) is 0 Å². The number of carbonyl (C=O) groups excluding carboxylic acids is 2. The van der Waals surface area contributed by atoms with Gasteiger partial charge in [-0.15, -0.1) is 0 Å². The smallest absolute Gasteiger partial charge is 0.326 e. The van der Waals surface area contributed by atoms with Gasteiger partial charge in [-0.25, -0.2) is 4.79 Å². The quantitative estimate of drug-likeness (QED) is 0.102. The van der Waals surface area contributed by atoms with Crippen molar-refractivity contribution in [2.75, 3.05) is 13.6 Å². The van der Waals surface area contributed by atoms with Gasteiger partial charge in [0.2, 0.25) is 6.41 Å². The molecule has 4 N–H and O–H groups in total. The van der Waals surface area contributed by atoms with E-state index in [2.05, 4.69) is 43.3 Å². The Kier molecular flexibility index (Phi) is 15.2. The van der Waals surface area contributed by atoms with Crippen molar-refractivity contribution >= 4 is 40.4 Å². The lowest BCUT2D eigenvalue weighted by Crippen LogP contribution is -2.35. The van der Waals surface area contributed by atoms with E-state index in [0.29, 0.717) is 31.6 Å². The fraction of sp³-hybridized carbons (Fsp3) is 0.364. The van der Waals surface area contributed by atoms with Gasteiger partial charge in [-0.3, -0.25) is 14.6 Å². The molecule has 9 heteroatoms. The number of rotatable bonds is 12. The molecule has 0 spiro atoms. The average molecular weight is 495 g/mol. The summed E-state index contributed by atoms with van der Waals surface area (Å²) in [5, 5.41) is 10.8.